The van der Waals surface area contributed by atoms with Crippen molar-refractivity contribution in [1.29, 1.82) is 0 Å². The lowest BCUT2D eigenvalue weighted by atomic mass is 10.0. The highest BCUT2D eigenvalue weighted by atomic mass is 16.2. The van der Waals surface area contributed by atoms with E-state index in [0.717, 1.165) is 25.7 Å². The van der Waals surface area contributed by atoms with E-state index in [-0.39, 0.29) is 11.8 Å². The summed E-state index contributed by atoms with van der Waals surface area (Å²) in [6.07, 6.45) is 36.1. The number of hydrogen-bond donors (Lipinski definition) is 4. The fraction of sp³-hybridized carbons (Fsp3) is 0.895. The Balaban J connectivity index is 3.92. The Bertz CT molecular complexity index is 655. The molecule has 0 aliphatic rings. The third-order valence-corrected chi connectivity index (χ3v) is 8.77. The van der Waals surface area contributed by atoms with Gasteiger partial charge in [0.2, 0.25) is 11.8 Å². The van der Waals surface area contributed by atoms with Gasteiger partial charge in [0.15, 0.2) is 0 Å². The van der Waals surface area contributed by atoms with Crippen LogP contribution in [0.15, 0.2) is 12.4 Å². The summed E-state index contributed by atoms with van der Waals surface area (Å²) < 4.78 is 0. The van der Waals surface area contributed by atoms with Gasteiger partial charge in [-0.15, -0.1) is 0 Å². The number of unbranched alkanes of at least 4 members (excludes halogenated alkanes) is 25. The molecular formula is C38H76N4O2. The van der Waals surface area contributed by atoms with Crippen molar-refractivity contribution in [3.8, 4) is 0 Å². The molecule has 44 heavy (non-hydrogen) atoms. The Kier molecular flexibility index (Phi) is 32.8. The molecule has 6 nitrogen and oxygen atoms in total. The zero-order valence-corrected chi connectivity index (χ0v) is 29.6. The lowest BCUT2D eigenvalue weighted by molar-refractivity contribution is -0.129. The first-order valence-electron chi connectivity index (χ1n) is 19.3. The van der Waals surface area contributed by atoms with Crippen molar-refractivity contribution < 1.29 is 9.59 Å². The first-order valence-corrected chi connectivity index (χ1v) is 19.3. The van der Waals surface area contributed by atoms with Crippen LogP contribution < -0.4 is 21.7 Å². The quantitative estimate of drug-likeness (QED) is 0.0530. The van der Waals surface area contributed by atoms with Gasteiger partial charge in [-0.2, -0.15) is 0 Å². The highest BCUT2D eigenvalue weighted by Crippen LogP contribution is 2.14. The van der Waals surface area contributed by atoms with E-state index in [1.807, 2.05) is 0 Å². The van der Waals surface area contributed by atoms with Crippen LogP contribution in [0.3, 0.4) is 0 Å². The molecule has 0 radical (unpaired) electrons. The number of hydrogen-bond acceptors (Lipinski definition) is 4. The van der Waals surface area contributed by atoms with Crippen molar-refractivity contribution in [1.82, 2.24) is 16.0 Å². The van der Waals surface area contributed by atoms with Gasteiger partial charge in [0, 0.05) is 19.5 Å². The fourth-order valence-corrected chi connectivity index (χ4v) is 5.87. The van der Waals surface area contributed by atoms with Gasteiger partial charge in [-0.3, -0.25) is 9.59 Å². The lowest BCUT2D eigenvalue weighted by Gasteiger charge is -2.19. The Morgan fingerprint density at radius 2 is 0.886 bits per heavy atom. The summed E-state index contributed by atoms with van der Waals surface area (Å²) in [5.41, 5.74) is 5.62. The van der Waals surface area contributed by atoms with E-state index in [4.69, 9.17) is 5.73 Å². The molecule has 0 aromatic heterocycles. The van der Waals surface area contributed by atoms with Gasteiger partial charge in [0.05, 0.1) is 5.82 Å². The Hall–Kier alpha value is -1.72. The van der Waals surface area contributed by atoms with Gasteiger partial charge >= 0.3 is 0 Å². The molecule has 0 bridgehead atoms. The molecule has 0 saturated carbocycles. The zero-order valence-electron chi connectivity index (χ0n) is 29.6. The average Bonchev–Trinajstić information content (AvgIpc) is 3.00. The lowest BCUT2D eigenvalue weighted by Crippen LogP contribution is -2.48. The van der Waals surface area contributed by atoms with Crippen molar-refractivity contribution >= 4 is 11.8 Å². The second-order valence-corrected chi connectivity index (χ2v) is 13.2. The Morgan fingerprint density at radius 1 is 0.523 bits per heavy atom. The van der Waals surface area contributed by atoms with Crippen molar-refractivity contribution in [2.24, 2.45) is 5.73 Å². The summed E-state index contributed by atoms with van der Waals surface area (Å²) in [4.78, 5) is 25.5. The van der Waals surface area contributed by atoms with E-state index in [2.05, 4.69) is 36.4 Å². The van der Waals surface area contributed by atoms with Gasteiger partial charge in [-0.25, -0.2) is 0 Å². The van der Waals surface area contributed by atoms with E-state index in [0.29, 0.717) is 31.8 Å². The highest BCUT2D eigenvalue weighted by Gasteiger charge is 2.20. The molecule has 2 amide bonds. The molecule has 0 rings (SSSR count). The van der Waals surface area contributed by atoms with Crippen LogP contribution in [0.2, 0.25) is 0 Å². The minimum Gasteiger partial charge on any atom is -0.386 e. The minimum absolute atomic E-state index is 0.0312. The summed E-state index contributed by atoms with van der Waals surface area (Å²) in [5.74, 6) is 0.254. The topological polar surface area (TPSA) is 96.2 Å². The number of carbonyl (C=O) groups is 2. The van der Waals surface area contributed by atoms with E-state index in [9.17, 15) is 9.59 Å². The van der Waals surface area contributed by atoms with Crippen LogP contribution in [0.5, 0.6) is 0 Å². The third-order valence-electron chi connectivity index (χ3n) is 8.77. The van der Waals surface area contributed by atoms with Crippen LogP contribution in [-0.4, -0.2) is 30.9 Å². The summed E-state index contributed by atoms with van der Waals surface area (Å²) in [5, 5.41) is 9.00. The maximum Gasteiger partial charge on any atom is 0.242 e. The number of nitrogens with one attached hydrogen (secondary N) is 3. The van der Waals surface area contributed by atoms with Crippen LogP contribution in [0.1, 0.15) is 200 Å². The van der Waals surface area contributed by atoms with Gasteiger partial charge < -0.3 is 21.7 Å². The molecular weight excluding hydrogens is 544 g/mol. The third kappa shape index (κ3) is 31.7. The molecule has 0 aliphatic carbocycles. The predicted molar refractivity (Wildman–Crippen MR) is 192 cm³/mol. The summed E-state index contributed by atoms with van der Waals surface area (Å²) >= 11 is 0. The molecule has 0 aromatic carbocycles. The average molecular weight is 621 g/mol. The van der Waals surface area contributed by atoms with E-state index < -0.39 is 6.04 Å². The number of nitrogens with two attached hydrogens (primary N) is 1. The monoisotopic (exact) mass is 621 g/mol. The predicted octanol–water partition coefficient (Wildman–Crippen LogP) is 9.96. The molecule has 0 saturated heterocycles. The number of amides is 2. The van der Waals surface area contributed by atoms with E-state index in [1.54, 1.807) is 0 Å². The van der Waals surface area contributed by atoms with Gasteiger partial charge in [0.1, 0.15) is 6.04 Å². The summed E-state index contributed by atoms with van der Waals surface area (Å²) in [7, 11) is 0. The summed E-state index contributed by atoms with van der Waals surface area (Å²) in [6.45, 7) is 9.37. The van der Waals surface area contributed by atoms with Crippen LogP contribution in [-0.2, 0) is 9.59 Å². The van der Waals surface area contributed by atoms with Crippen LogP contribution in [0, 0.1) is 0 Å². The first-order chi connectivity index (χ1) is 21.5. The molecule has 1 atom stereocenters. The maximum atomic E-state index is 12.9. The second kappa shape index (κ2) is 34.2. The molecule has 1 unspecified atom stereocenters. The molecule has 0 spiro atoms. The molecule has 0 aliphatic heterocycles. The second-order valence-electron chi connectivity index (χ2n) is 13.2. The molecule has 0 heterocycles. The summed E-state index contributed by atoms with van der Waals surface area (Å²) in [6, 6.07) is -0.539. The Morgan fingerprint density at radius 3 is 1.27 bits per heavy atom. The molecule has 260 valence electrons. The first kappa shape index (κ1) is 42.3. The minimum atomic E-state index is -0.539. The normalized spacial score (nSPS) is 11.8. The standard InChI is InChI=1S/C38H76N4O2/c1-4-6-8-10-12-14-16-18-20-22-24-26-28-30-33-41-38(44)36(32-34-40-35(3)39)42-37(43)31-29-27-25-23-21-19-17-15-13-11-9-7-5-2/h36,40H,3-34,39H2,1-2H3,(H,41,44)(H,42,43). The molecule has 0 aromatic rings. The smallest absolute Gasteiger partial charge is 0.242 e. The fourth-order valence-electron chi connectivity index (χ4n) is 5.87. The van der Waals surface area contributed by atoms with Crippen molar-refractivity contribution in [2.45, 2.75) is 206 Å². The SMILES string of the molecule is C=C(N)NCCC(NC(=O)CCCCCCCCCCCCCCC)C(=O)NCCCCCCCCCCCCCCCC. The zero-order chi connectivity index (χ0) is 32.4. The maximum absolute atomic E-state index is 12.9. The molecule has 6 heteroatoms. The highest BCUT2D eigenvalue weighted by molar-refractivity contribution is 5.87. The van der Waals surface area contributed by atoms with E-state index in [1.165, 1.54) is 148 Å². The largest absolute Gasteiger partial charge is 0.386 e. The van der Waals surface area contributed by atoms with Crippen LogP contribution in [0.25, 0.3) is 0 Å². The van der Waals surface area contributed by atoms with Crippen molar-refractivity contribution in [3.63, 3.8) is 0 Å². The Labute approximate surface area is 274 Å². The van der Waals surface area contributed by atoms with Gasteiger partial charge in [-0.1, -0.05) is 181 Å². The number of rotatable bonds is 35. The van der Waals surface area contributed by atoms with Crippen molar-refractivity contribution in [2.75, 3.05) is 13.1 Å². The van der Waals surface area contributed by atoms with Gasteiger partial charge in [-0.05, 0) is 19.3 Å². The molecule has 0 fully saturated rings. The van der Waals surface area contributed by atoms with Crippen LogP contribution >= 0.6 is 0 Å². The van der Waals surface area contributed by atoms with Gasteiger partial charge in [0.25, 0.3) is 0 Å². The van der Waals surface area contributed by atoms with Crippen LogP contribution in [0.4, 0.5) is 0 Å². The van der Waals surface area contributed by atoms with Crippen molar-refractivity contribution in [3.05, 3.63) is 12.4 Å². The van der Waals surface area contributed by atoms with E-state index >= 15 is 0 Å². The number of carbonyl (C=O) groups excluding carboxylic acids is 2. The molecule has 5 N–H and O–H groups in total.